The van der Waals surface area contributed by atoms with Gasteiger partial charge in [-0.05, 0) is 68.2 Å². The van der Waals surface area contributed by atoms with Gasteiger partial charge in [0, 0.05) is 11.8 Å². The van der Waals surface area contributed by atoms with Crippen LogP contribution in [-0.4, -0.2) is 33.8 Å². The standard InChI is InChI=1S/C42H66N4O6/c1-5-8-10-12-14-16-24-32-27-20-29-35(37(32)47)41(51)45-43-39(49)31(4)23-18-19-26-34(22-7-3)40(50)44-46-42(52)36-30-21-28-33(38(36)48)25-17-15-13-11-9-6-2/h20-21,27-31,34,47-48H,5-19,22-26H2,1-4H3,(H,43,49)(H,44,50)(H,45,51)(H,46,52). The van der Waals surface area contributed by atoms with Gasteiger partial charge in [0.1, 0.15) is 11.5 Å². The average molecular weight is 723 g/mol. The van der Waals surface area contributed by atoms with Gasteiger partial charge in [-0.15, -0.1) is 0 Å². The van der Waals surface area contributed by atoms with Crippen LogP contribution in [0.1, 0.15) is 175 Å². The number of hydrogen-bond acceptors (Lipinski definition) is 6. The van der Waals surface area contributed by atoms with Crippen molar-refractivity contribution in [3.63, 3.8) is 0 Å². The van der Waals surface area contributed by atoms with Crippen LogP contribution in [0, 0.1) is 11.8 Å². The molecule has 10 nitrogen and oxygen atoms in total. The molecule has 2 unspecified atom stereocenters. The van der Waals surface area contributed by atoms with Crippen molar-refractivity contribution in [1.29, 1.82) is 0 Å². The average Bonchev–Trinajstić information content (AvgIpc) is 3.14. The van der Waals surface area contributed by atoms with E-state index in [-0.39, 0.29) is 46.3 Å². The van der Waals surface area contributed by atoms with E-state index in [1.165, 1.54) is 38.5 Å². The molecule has 0 spiro atoms. The number of para-hydroxylation sites is 2. The lowest BCUT2D eigenvalue weighted by molar-refractivity contribution is -0.127. The number of phenols is 2. The zero-order valence-electron chi connectivity index (χ0n) is 32.3. The van der Waals surface area contributed by atoms with Gasteiger partial charge in [-0.25, -0.2) is 0 Å². The smallest absolute Gasteiger partial charge is 0.273 e. The van der Waals surface area contributed by atoms with E-state index in [1.807, 2.05) is 19.1 Å². The summed E-state index contributed by atoms with van der Waals surface area (Å²) in [4.78, 5) is 51.4. The van der Waals surface area contributed by atoms with E-state index >= 15 is 0 Å². The van der Waals surface area contributed by atoms with Crippen molar-refractivity contribution >= 4 is 23.6 Å². The van der Waals surface area contributed by atoms with Crippen molar-refractivity contribution < 1.29 is 29.4 Å². The molecule has 2 aromatic rings. The van der Waals surface area contributed by atoms with Crippen molar-refractivity contribution in [2.75, 3.05) is 0 Å². The van der Waals surface area contributed by atoms with E-state index in [1.54, 1.807) is 31.2 Å². The molecular formula is C42H66N4O6. The number of amides is 4. The molecule has 0 saturated carbocycles. The number of unbranched alkanes of at least 4 members (excludes halogenated alkanes) is 11. The first-order valence-electron chi connectivity index (χ1n) is 20.0. The summed E-state index contributed by atoms with van der Waals surface area (Å²) in [5.74, 6) is -2.54. The second kappa shape index (κ2) is 25.8. The molecule has 6 N–H and O–H groups in total. The highest BCUT2D eigenvalue weighted by atomic mass is 16.3. The lowest BCUT2D eigenvalue weighted by Gasteiger charge is -2.18. The van der Waals surface area contributed by atoms with Crippen LogP contribution >= 0.6 is 0 Å². The fourth-order valence-corrected chi connectivity index (χ4v) is 6.47. The van der Waals surface area contributed by atoms with Gasteiger partial charge in [0.25, 0.3) is 11.8 Å². The third kappa shape index (κ3) is 16.1. The van der Waals surface area contributed by atoms with Crippen molar-refractivity contribution in [2.45, 2.75) is 156 Å². The Labute approximate surface area is 312 Å². The van der Waals surface area contributed by atoms with Crippen LogP contribution in [0.25, 0.3) is 0 Å². The summed E-state index contributed by atoms with van der Waals surface area (Å²) < 4.78 is 0. The predicted molar refractivity (Wildman–Crippen MR) is 208 cm³/mol. The molecule has 0 heterocycles. The number of hydrazine groups is 2. The Hall–Kier alpha value is -4.08. The molecule has 290 valence electrons. The fourth-order valence-electron chi connectivity index (χ4n) is 6.47. The lowest BCUT2D eigenvalue weighted by Crippen LogP contribution is -2.44. The van der Waals surface area contributed by atoms with E-state index in [2.05, 4.69) is 35.6 Å². The molecule has 2 aromatic carbocycles. The van der Waals surface area contributed by atoms with E-state index in [9.17, 15) is 29.4 Å². The lowest BCUT2D eigenvalue weighted by atomic mass is 9.94. The highest BCUT2D eigenvalue weighted by Gasteiger charge is 2.21. The number of carbonyl (C=O) groups is 4. The molecule has 0 bridgehead atoms. The number of benzene rings is 2. The van der Waals surface area contributed by atoms with Crippen LogP contribution < -0.4 is 21.7 Å². The third-order valence-electron chi connectivity index (χ3n) is 9.82. The summed E-state index contributed by atoms with van der Waals surface area (Å²) in [6, 6.07) is 10.2. The van der Waals surface area contributed by atoms with Gasteiger partial charge in [0.15, 0.2) is 0 Å². The Kier molecular flexibility index (Phi) is 21.9. The van der Waals surface area contributed by atoms with Crippen LogP contribution in [0.4, 0.5) is 0 Å². The van der Waals surface area contributed by atoms with Crippen molar-refractivity contribution in [1.82, 2.24) is 21.7 Å². The number of rotatable bonds is 25. The van der Waals surface area contributed by atoms with E-state index in [4.69, 9.17) is 0 Å². The van der Waals surface area contributed by atoms with Gasteiger partial charge < -0.3 is 10.2 Å². The highest BCUT2D eigenvalue weighted by Crippen LogP contribution is 2.26. The Bertz CT molecular complexity index is 1380. The maximum absolute atomic E-state index is 13.0. The molecule has 4 amide bonds. The molecule has 10 heteroatoms. The van der Waals surface area contributed by atoms with Gasteiger partial charge in [-0.3, -0.25) is 40.9 Å². The number of nitrogens with one attached hydrogen (secondary N) is 4. The first-order chi connectivity index (χ1) is 25.1. The molecule has 52 heavy (non-hydrogen) atoms. The normalized spacial score (nSPS) is 12.2. The summed E-state index contributed by atoms with van der Waals surface area (Å²) in [5, 5.41) is 21.4. The largest absolute Gasteiger partial charge is 0.507 e. The van der Waals surface area contributed by atoms with Gasteiger partial charge >= 0.3 is 0 Å². The topological polar surface area (TPSA) is 157 Å². The zero-order chi connectivity index (χ0) is 38.1. The molecule has 0 aliphatic heterocycles. The monoisotopic (exact) mass is 722 g/mol. The quantitative estimate of drug-likeness (QED) is 0.0445. The first-order valence-corrected chi connectivity index (χ1v) is 20.0. The van der Waals surface area contributed by atoms with Crippen molar-refractivity contribution in [3.8, 4) is 11.5 Å². The number of carbonyl (C=O) groups excluding carboxylic acids is 4. The second-order valence-corrected chi connectivity index (χ2v) is 14.2. The number of hydrogen-bond donors (Lipinski definition) is 6. The maximum Gasteiger partial charge on any atom is 0.273 e. The molecule has 2 rings (SSSR count). The molecule has 0 saturated heterocycles. The first kappa shape index (κ1) is 44.1. The molecule has 0 radical (unpaired) electrons. The SMILES string of the molecule is CCCCCCCCc1cccc(C(=O)NNC(=O)C(C)CCCCC(CCC)C(=O)NNC(=O)c2cccc(CCCCCCCC)c2O)c1O. The highest BCUT2D eigenvalue weighted by molar-refractivity contribution is 5.99. The third-order valence-corrected chi connectivity index (χ3v) is 9.82. The predicted octanol–water partition coefficient (Wildman–Crippen LogP) is 8.74. The van der Waals surface area contributed by atoms with Gasteiger partial charge in [0.2, 0.25) is 11.8 Å². The van der Waals surface area contributed by atoms with Gasteiger partial charge in [-0.2, -0.15) is 0 Å². The molecule has 2 atom stereocenters. The molecule has 0 aromatic heterocycles. The zero-order valence-corrected chi connectivity index (χ0v) is 32.3. The second-order valence-electron chi connectivity index (χ2n) is 14.2. The van der Waals surface area contributed by atoms with Crippen LogP contribution in [0.3, 0.4) is 0 Å². The van der Waals surface area contributed by atoms with Crippen LogP contribution in [0.15, 0.2) is 36.4 Å². The van der Waals surface area contributed by atoms with Crippen LogP contribution in [0.2, 0.25) is 0 Å². The minimum absolute atomic E-state index is 0.0446. The summed E-state index contributed by atoms with van der Waals surface area (Å²) in [7, 11) is 0. The maximum atomic E-state index is 13.0. The summed E-state index contributed by atoms with van der Waals surface area (Å²) in [6.07, 6.45) is 19.0. The summed E-state index contributed by atoms with van der Waals surface area (Å²) >= 11 is 0. The summed E-state index contributed by atoms with van der Waals surface area (Å²) in [5.41, 5.74) is 11.7. The molecule has 0 fully saturated rings. The van der Waals surface area contributed by atoms with Crippen molar-refractivity contribution in [3.05, 3.63) is 58.7 Å². The molecular weight excluding hydrogens is 656 g/mol. The number of aromatic hydroxyl groups is 2. The van der Waals surface area contributed by atoms with E-state index in [0.29, 0.717) is 44.9 Å². The number of phenolic OH excluding ortho intramolecular Hbond substituents is 2. The number of aryl methyl sites for hydroxylation is 2. The van der Waals surface area contributed by atoms with Crippen LogP contribution in [-0.2, 0) is 22.4 Å². The van der Waals surface area contributed by atoms with E-state index in [0.717, 1.165) is 56.1 Å². The Balaban J connectivity index is 1.75. The van der Waals surface area contributed by atoms with Crippen LogP contribution in [0.5, 0.6) is 11.5 Å². The van der Waals surface area contributed by atoms with E-state index < -0.39 is 11.8 Å². The Morgan fingerprint density at radius 1 is 0.519 bits per heavy atom. The summed E-state index contributed by atoms with van der Waals surface area (Å²) in [6.45, 7) is 8.15. The van der Waals surface area contributed by atoms with Gasteiger partial charge in [-0.1, -0.05) is 135 Å². The Morgan fingerprint density at radius 3 is 1.44 bits per heavy atom. The molecule has 0 aliphatic carbocycles. The fraction of sp³-hybridized carbons (Fsp3) is 0.619. The minimum atomic E-state index is -0.570. The Morgan fingerprint density at radius 2 is 0.962 bits per heavy atom. The molecule has 0 aliphatic rings. The van der Waals surface area contributed by atoms with Crippen molar-refractivity contribution in [2.24, 2.45) is 11.8 Å². The van der Waals surface area contributed by atoms with Gasteiger partial charge in [0.05, 0.1) is 11.1 Å². The minimum Gasteiger partial charge on any atom is -0.507 e.